The molecule has 3 rings (SSSR count). The lowest BCUT2D eigenvalue weighted by atomic mass is 9.72. The zero-order chi connectivity index (χ0) is 22.5. The molecule has 0 atom stereocenters. The van der Waals surface area contributed by atoms with E-state index in [1.165, 1.54) is 24.4 Å². The number of aromatic nitrogens is 1. The summed E-state index contributed by atoms with van der Waals surface area (Å²) in [5.74, 6) is -0.639. The van der Waals surface area contributed by atoms with E-state index in [0.29, 0.717) is 31.6 Å². The highest BCUT2D eigenvalue weighted by atomic mass is 19.4. The summed E-state index contributed by atoms with van der Waals surface area (Å²) < 4.78 is 41.4. The zero-order valence-electron chi connectivity index (χ0n) is 16.7. The highest BCUT2D eigenvalue weighted by molar-refractivity contribution is 5.99. The number of carbonyl (C=O) groups excluding carboxylic acids is 2. The van der Waals surface area contributed by atoms with Crippen LogP contribution in [0.4, 0.5) is 18.9 Å². The van der Waals surface area contributed by atoms with Gasteiger partial charge < -0.3 is 15.0 Å². The number of hydrogen-bond donors (Lipinski definition) is 1. The van der Waals surface area contributed by atoms with Gasteiger partial charge in [-0.3, -0.25) is 9.59 Å². The molecule has 1 N–H and O–H groups in total. The van der Waals surface area contributed by atoms with Crippen molar-refractivity contribution in [3.63, 3.8) is 0 Å². The fourth-order valence-corrected chi connectivity index (χ4v) is 3.59. The lowest BCUT2D eigenvalue weighted by molar-refractivity contribution is -0.154. The van der Waals surface area contributed by atoms with E-state index in [1.807, 2.05) is 30.3 Å². The molecule has 2 amide bonds. The smallest absolute Gasteiger partial charge is 0.422 e. The van der Waals surface area contributed by atoms with Crippen LogP contribution in [0.15, 0.2) is 61.3 Å². The van der Waals surface area contributed by atoms with E-state index in [2.05, 4.69) is 21.6 Å². The topological polar surface area (TPSA) is 71.5 Å². The number of hydrogen-bond acceptors (Lipinski definition) is 4. The molecule has 0 spiro atoms. The largest absolute Gasteiger partial charge is 0.468 e. The molecule has 2 aromatic rings. The second-order valence-corrected chi connectivity index (χ2v) is 7.22. The van der Waals surface area contributed by atoms with Gasteiger partial charge in [0, 0.05) is 19.2 Å². The number of rotatable bonds is 6. The standard InChI is InChI=1S/C22H22F3N3O3/c1-2-19(29)28-12-10-21(11-13-28,16-6-4-3-5-7-16)20(30)27-17-8-9-18(26-14-17)31-15-22(23,24)25/h2-9,14H,1,10-13,15H2,(H,27,30). The van der Waals surface area contributed by atoms with Gasteiger partial charge in [0.15, 0.2) is 6.61 Å². The minimum Gasteiger partial charge on any atom is -0.468 e. The first-order valence-electron chi connectivity index (χ1n) is 9.67. The van der Waals surface area contributed by atoms with Gasteiger partial charge in [-0.2, -0.15) is 13.2 Å². The number of alkyl halides is 3. The van der Waals surface area contributed by atoms with E-state index < -0.39 is 18.2 Å². The number of nitrogens with one attached hydrogen (secondary N) is 1. The van der Waals surface area contributed by atoms with Crippen molar-refractivity contribution < 1.29 is 27.5 Å². The van der Waals surface area contributed by atoms with Gasteiger partial charge in [0.25, 0.3) is 0 Å². The SMILES string of the molecule is C=CC(=O)N1CCC(C(=O)Nc2ccc(OCC(F)(F)F)nc2)(c2ccccc2)CC1. The summed E-state index contributed by atoms with van der Waals surface area (Å²) in [5.41, 5.74) is 0.311. The summed E-state index contributed by atoms with van der Waals surface area (Å²) in [6.45, 7) is 2.86. The Morgan fingerprint density at radius 3 is 2.39 bits per heavy atom. The second-order valence-electron chi connectivity index (χ2n) is 7.22. The Balaban J connectivity index is 1.76. The molecule has 1 aliphatic rings. The number of benzene rings is 1. The average molecular weight is 433 g/mol. The Morgan fingerprint density at radius 1 is 1.16 bits per heavy atom. The van der Waals surface area contributed by atoms with Gasteiger partial charge in [-0.1, -0.05) is 36.9 Å². The summed E-state index contributed by atoms with van der Waals surface area (Å²) >= 11 is 0. The van der Waals surface area contributed by atoms with Crippen LogP contribution in [-0.4, -0.2) is 47.6 Å². The van der Waals surface area contributed by atoms with Crippen LogP contribution in [0.3, 0.4) is 0 Å². The molecule has 1 aromatic heterocycles. The fraction of sp³-hybridized carbons (Fsp3) is 0.318. The van der Waals surface area contributed by atoms with Crippen molar-refractivity contribution in [3.8, 4) is 5.88 Å². The Bertz CT molecular complexity index is 923. The van der Waals surface area contributed by atoms with Gasteiger partial charge in [0.1, 0.15) is 0 Å². The Labute approximate surface area is 177 Å². The van der Waals surface area contributed by atoms with Gasteiger partial charge in [0.05, 0.1) is 17.3 Å². The monoisotopic (exact) mass is 433 g/mol. The van der Waals surface area contributed by atoms with Crippen LogP contribution in [0.2, 0.25) is 0 Å². The number of pyridine rings is 1. The summed E-state index contributed by atoms with van der Waals surface area (Å²) in [6.07, 6.45) is -1.12. The van der Waals surface area contributed by atoms with E-state index in [9.17, 15) is 22.8 Å². The number of halogens is 3. The molecule has 6 nitrogen and oxygen atoms in total. The number of carbonyl (C=O) groups is 2. The molecule has 0 aliphatic carbocycles. The summed E-state index contributed by atoms with van der Waals surface area (Å²) in [6, 6.07) is 12.0. The van der Waals surface area contributed by atoms with Crippen LogP contribution in [-0.2, 0) is 15.0 Å². The van der Waals surface area contributed by atoms with Crippen molar-refractivity contribution in [2.24, 2.45) is 0 Å². The minimum absolute atomic E-state index is 0.180. The van der Waals surface area contributed by atoms with Crippen LogP contribution < -0.4 is 10.1 Å². The van der Waals surface area contributed by atoms with Gasteiger partial charge in [-0.25, -0.2) is 4.98 Å². The van der Waals surface area contributed by atoms with Crippen molar-refractivity contribution in [1.29, 1.82) is 0 Å². The lowest BCUT2D eigenvalue weighted by Gasteiger charge is -2.40. The number of piperidine rings is 1. The fourth-order valence-electron chi connectivity index (χ4n) is 3.59. The predicted molar refractivity (Wildman–Crippen MR) is 109 cm³/mol. The summed E-state index contributed by atoms with van der Waals surface area (Å²) in [5, 5.41) is 2.81. The molecule has 2 heterocycles. The van der Waals surface area contributed by atoms with Crippen LogP contribution in [0.25, 0.3) is 0 Å². The van der Waals surface area contributed by atoms with Crippen molar-refractivity contribution in [2.45, 2.75) is 24.4 Å². The number of amides is 2. The zero-order valence-corrected chi connectivity index (χ0v) is 16.7. The maximum absolute atomic E-state index is 13.3. The number of nitrogens with zero attached hydrogens (tertiary/aromatic N) is 2. The van der Waals surface area contributed by atoms with Crippen molar-refractivity contribution in [3.05, 3.63) is 66.9 Å². The Hall–Kier alpha value is -3.36. The first-order valence-corrected chi connectivity index (χ1v) is 9.67. The predicted octanol–water partition coefficient (Wildman–Crippen LogP) is 3.71. The van der Waals surface area contributed by atoms with Gasteiger partial charge in [-0.15, -0.1) is 0 Å². The van der Waals surface area contributed by atoms with Crippen LogP contribution in [0, 0.1) is 0 Å². The van der Waals surface area contributed by atoms with Gasteiger partial charge in [0.2, 0.25) is 17.7 Å². The second kappa shape index (κ2) is 9.20. The van der Waals surface area contributed by atoms with Crippen LogP contribution >= 0.6 is 0 Å². The van der Waals surface area contributed by atoms with E-state index >= 15 is 0 Å². The quantitative estimate of drug-likeness (QED) is 0.705. The molecule has 31 heavy (non-hydrogen) atoms. The van der Waals surface area contributed by atoms with Crippen molar-refractivity contribution >= 4 is 17.5 Å². The number of likely N-dealkylation sites (tertiary alicyclic amines) is 1. The van der Waals surface area contributed by atoms with Crippen LogP contribution in [0.1, 0.15) is 18.4 Å². The minimum atomic E-state index is -4.46. The van der Waals surface area contributed by atoms with E-state index in [0.717, 1.165) is 5.56 Å². The maximum atomic E-state index is 13.3. The molecule has 1 fully saturated rings. The third-order valence-corrected chi connectivity index (χ3v) is 5.24. The summed E-state index contributed by atoms with van der Waals surface area (Å²) in [7, 11) is 0. The number of ether oxygens (including phenoxy) is 1. The molecule has 1 aliphatic heterocycles. The molecule has 0 bridgehead atoms. The first kappa shape index (κ1) is 22.3. The van der Waals surface area contributed by atoms with E-state index in [4.69, 9.17) is 0 Å². The molecule has 0 saturated carbocycles. The Morgan fingerprint density at radius 2 is 1.84 bits per heavy atom. The summed E-state index contributed by atoms with van der Waals surface area (Å²) in [4.78, 5) is 30.7. The van der Waals surface area contributed by atoms with Crippen molar-refractivity contribution in [2.75, 3.05) is 25.0 Å². The molecule has 9 heteroatoms. The third kappa shape index (κ3) is 5.42. The molecule has 164 valence electrons. The molecule has 1 aromatic carbocycles. The highest BCUT2D eigenvalue weighted by Gasteiger charge is 2.43. The van der Waals surface area contributed by atoms with Crippen LogP contribution in [0.5, 0.6) is 5.88 Å². The third-order valence-electron chi connectivity index (χ3n) is 5.24. The molecular formula is C22H22F3N3O3. The van der Waals surface area contributed by atoms with Gasteiger partial charge in [-0.05, 0) is 30.5 Å². The lowest BCUT2D eigenvalue weighted by Crippen LogP contribution is -2.50. The maximum Gasteiger partial charge on any atom is 0.422 e. The highest BCUT2D eigenvalue weighted by Crippen LogP contribution is 2.37. The molecule has 0 radical (unpaired) electrons. The molecular weight excluding hydrogens is 411 g/mol. The first-order chi connectivity index (χ1) is 14.7. The van der Waals surface area contributed by atoms with Gasteiger partial charge >= 0.3 is 6.18 Å². The normalized spacial score (nSPS) is 15.8. The van der Waals surface area contributed by atoms with E-state index in [1.54, 1.807) is 4.90 Å². The molecule has 1 saturated heterocycles. The Kier molecular flexibility index (Phi) is 6.62. The van der Waals surface area contributed by atoms with Crippen molar-refractivity contribution in [1.82, 2.24) is 9.88 Å². The van der Waals surface area contributed by atoms with E-state index in [-0.39, 0.29) is 17.7 Å². The number of anilines is 1. The average Bonchev–Trinajstić information content (AvgIpc) is 2.78. The molecule has 0 unspecified atom stereocenters.